The van der Waals surface area contributed by atoms with Gasteiger partial charge in [-0.1, -0.05) is 38.5 Å². The van der Waals surface area contributed by atoms with Crippen molar-refractivity contribution in [2.24, 2.45) is 11.7 Å². The second kappa shape index (κ2) is 7.09. The monoisotopic (exact) mass is 309 g/mol. The zero-order chi connectivity index (χ0) is 16.2. The summed E-state index contributed by atoms with van der Waals surface area (Å²) < 4.78 is 54.6. The molecule has 0 bridgehead atoms. The maximum atomic E-state index is 13.0. The lowest BCUT2D eigenvalue weighted by molar-refractivity contribution is -0.253. The van der Waals surface area contributed by atoms with Crippen LogP contribution in [0.3, 0.4) is 0 Å². The van der Waals surface area contributed by atoms with E-state index in [9.17, 15) is 22.7 Å². The molecule has 0 aliphatic carbocycles. The van der Waals surface area contributed by atoms with Crippen LogP contribution in [-0.2, 0) is 0 Å². The fourth-order valence-corrected chi connectivity index (χ4v) is 1.82. The molecule has 0 amide bonds. The normalized spacial score (nSPS) is 16.6. The van der Waals surface area contributed by atoms with Crippen molar-refractivity contribution in [3.05, 3.63) is 29.8 Å². The van der Waals surface area contributed by atoms with Gasteiger partial charge in [0.15, 0.2) is 0 Å². The van der Waals surface area contributed by atoms with Crippen LogP contribution in [0.15, 0.2) is 24.3 Å². The number of halogens is 4. The van der Waals surface area contributed by atoms with Crippen molar-refractivity contribution in [1.29, 1.82) is 0 Å². The van der Waals surface area contributed by atoms with Gasteiger partial charge in [-0.25, -0.2) is 0 Å². The molecule has 0 saturated heterocycles. The molecule has 120 valence electrons. The van der Waals surface area contributed by atoms with E-state index in [0.717, 1.165) is 6.07 Å². The molecule has 0 saturated carbocycles. The minimum Gasteiger partial charge on any atom is -0.428 e. The second-order valence-electron chi connectivity index (χ2n) is 4.90. The Bertz CT molecular complexity index is 456. The molecule has 21 heavy (non-hydrogen) atoms. The predicted molar refractivity (Wildman–Crippen MR) is 70.4 cm³/mol. The van der Waals surface area contributed by atoms with E-state index >= 15 is 0 Å². The summed E-state index contributed by atoms with van der Waals surface area (Å²) in [5.41, 5.74) is 5.91. The van der Waals surface area contributed by atoms with Crippen molar-refractivity contribution in [1.82, 2.24) is 0 Å². The molecule has 3 atom stereocenters. The van der Waals surface area contributed by atoms with Gasteiger partial charge in [0.2, 0.25) is 0 Å². The summed E-state index contributed by atoms with van der Waals surface area (Å²) in [5.74, 6) is -0.638. The molecule has 3 N–H and O–H groups in total. The van der Waals surface area contributed by atoms with Crippen LogP contribution < -0.4 is 10.5 Å². The molecule has 1 aromatic rings. The first kappa shape index (κ1) is 17.7. The van der Waals surface area contributed by atoms with Gasteiger partial charge in [-0.3, -0.25) is 0 Å². The van der Waals surface area contributed by atoms with Crippen molar-refractivity contribution in [3.63, 3.8) is 0 Å². The van der Waals surface area contributed by atoms with Crippen molar-refractivity contribution in [2.75, 3.05) is 0 Å². The van der Waals surface area contributed by atoms with Gasteiger partial charge < -0.3 is 15.6 Å². The highest BCUT2D eigenvalue weighted by Crippen LogP contribution is 2.34. The minimum absolute atomic E-state index is 0.0608. The molecule has 0 aromatic heterocycles. The lowest BCUT2D eigenvalue weighted by atomic mass is 9.91. The average molecular weight is 309 g/mol. The highest BCUT2D eigenvalue weighted by molar-refractivity contribution is 5.36. The van der Waals surface area contributed by atoms with E-state index in [2.05, 4.69) is 4.74 Å². The van der Waals surface area contributed by atoms with Gasteiger partial charge in [-0.2, -0.15) is 17.6 Å². The van der Waals surface area contributed by atoms with E-state index in [4.69, 9.17) is 5.73 Å². The van der Waals surface area contributed by atoms with Crippen LogP contribution in [0.5, 0.6) is 5.75 Å². The molecule has 1 rings (SSSR count). The van der Waals surface area contributed by atoms with Gasteiger partial charge in [0.05, 0.1) is 12.1 Å². The third kappa shape index (κ3) is 4.31. The number of rotatable bonds is 7. The van der Waals surface area contributed by atoms with Crippen molar-refractivity contribution < 1.29 is 27.4 Å². The van der Waals surface area contributed by atoms with Crippen LogP contribution in [0.1, 0.15) is 31.9 Å². The smallest absolute Gasteiger partial charge is 0.428 e. The topological polar surface area (TPSA) is 55.5 Å². The Balaban J connectivity index is 3.04. The van der Waals surface area contributed by atoms with E-state index in [-0.39, 0.29) is 11.5 Å². The van der Waals surface area contributed by atoms with Crippen LogP contribution >= 0.6 is 0 Å². The van der Waals surface area contributed by atoms with Crippen molar-refractivity contribution in [3.8, 4) is 5.75 Å². The molecular weight excluding hydrogens is 290 g/mol. The van der Waals surface area contributed by atoms with Crippen molar-refractivity contribution in [2.45, 2.75) is 44.9 Å². The third-order valence-electron chi connectivity index (χ3n) is 3.37. The Morgan fingerprint density at radius 2 is 1.86 bits per heavy atom. The lowest BCUT2D eigenvalue weighted by Crippen LogP contribution is -2.36. The van der Waals surface area contributed by atoms with E-state index < -0.39 is 30.4 Å². The number of ether oxygens (including phenoxy) is 1. The van der Waals surface area contributed by atoms with Gasteiger partial charge in [0.1, 0.15) is 5.75 Å². The fourth-order valence-electron chi connectivity index (χ4n) is 1.82. The number of nitrogens with two attached hydrogens (primary N) is 1. The largest absolute Gasteiger partial charge is 0.461 e. The average Bonchev–Trinajstić information content (AvgIpc) is 2.44. The summed E-state index contributed by atoms with van der Waals surface area (Å²) in [4.78, 5) is 0. The number of para-hydroxylation sites is 1. The Hall–Kier alpha value is -1.34. The summed E-state index contributed by atoms with van der Waals surface area (Å²) in [7, 11) is 0. The molecule has 1 unspecified atom stereocenters. The van der Waals surface area contributed by atoms with E-state index in [0.29, 0.717) is 6.42 Å². The standard InChI is InChI=1S/C14H19F4NO2/c1-3-8(2)12(20)11(19)9-6-4-5-7-10(9)21-14(17,18)13(15)16/h4-8,11-13,20H,3,19H2,1-2H3/t8?,11-,12+/m0/s1. The summed E-state index contributed by atoms with van der Waals surface area (Å²) in [5, 5.41) is 10.1. The number of benzene rings is 1. The zero-order valence-electron chi connectivity index (χ0n) is 11.8. The number of alkyl halides is 4. The van der Waals surface area contributed by atoms with Crippen LogP contribution in [-0.4, -0.2) is 23.7 Å². The maximum absolute atomic E-state index is 13.0. The van der Waals surface area contributed by atoms with Gasteiger partial charge in [0, 0.05) is 5.56 Å². The van der Waals surface area contributed by atoms with Crippen molar-refractivity contribution >= 4 is 0 Å². The first-order valence-electron chi connectivity index (χ1n) is 6.58. The number of hydrogen-bond acceptors (Lipinski definition) is 3. The Kier molecular flexibility index (Phi) is 5.98. The lowest BCUT2D eigenvalue weighted by Gasteiger charge is -2.27. The number of aliphatic hydroxyl groups is 1. The second-order valence-corrected chi connectivity index (χ2v) is 4.90. The van der Waals surface area contributed by atoms with Gasteiger partial charge in [-0.05, 0) is 12.0 Å². The fraction of sp³-hybridized carbons (Fsp3) is 0.571. The quantitative estimate of drug-likeness (QED) is 0.760. The summed E-state index contributed by atoms with van der Waals surface area (Å²) in [6, 6.07) is 4.35. The molecule has 0 radical (unpaired) electrons. The van der Waals surface area contributed by atoms with E-state index in [1.165, 1.54) is 18.2 Å². The Morgan fingerprint density at radius 1 is 1.29 bits per heavy atom. The molecule has 0 fully saturated rings. The third-order valence-corrected chi connectivity index (χ3v) is 3.37. The zero-order valence-corrected chi connectivity index (χ0v) is 11.8. The van der Waals surface area contributed by atoms with Crippen LogP contribution in [0.4, 0.5) is 17.6 Å². The number of hydrogen-bond donors (Lipinski definition) is 2. The van der Waals surface area contributed by atoms with Gasteiger partial charge in [0.25, 0.3) is 0 Å². The summed E-state index contributed by atoms with van der Waals surface area (Å²) >= 11 is 0. The molecule has 7 heteroatoms. The molecule has 1 aromatic carbocycles. The van der Waals surface area contributed by atoms with Crippen LogP contribution in [0.25, 0.3) is 0 Å². The first-order valence-corrected chi connectivity index (χ1v) is 6.58. The predicted octanol–water partition coefficient (Wildman–Crippen LogP) is 3.33. The molecule has 0 aliphatic heterocycles. The molecule has 0 spiro atoms. The minimum atomic E-state index is -4.61. The molecule has 3 nitrogen and oxygen atoms in total. The van der Waals surface area contributed by atoms with Crippen LogP contribution in [0.2, 0.25) is 0 Å². The SMILES string of the molecule is CCC(C)[C@@H](O)[C@@H](N)c1ccccc1OC(F)(F)C(F)F. The first-order chi connectivity index (χ1) is 9.70. The Morgan fingerprint density at radius 3 is 2.38 bits per heavy atom. The van der Waals surface area contributed by atoms with Gasteiger partial charge >= 0.3 is 12.5 Å². The van der Waals surface area contributed by atoms with Crippen LogP contribution in [0, 0.1) is 5.92 Å². The summed E-state index contributed by atoms with van der Waals surface area (Å²) in [6.45, 7) is 3.59. The van der Waals surface area contributed by atoms with E-state index in [1.54, 1.807) is 6.92 Å². The Labute approximate surface area is 120 Å². The molecule has 0 heterocycles. The highest BCUT2D eigenvalue weighted by Gasteiger charge is 2.44. The maximum Gasteiger partial charge on any atom is 0.461 e. The van der Waals surface area contributed by atoms with Gasteiger partial charge in [-0.15, -0.1) is 0 Å². The highest BCUT2D eigenvalue weighted by atomic mass is 19.3. The molecular formula is C14H19F4NO2. The molecule has 0 aliphatic rings. The van der Waals surface area contributed by atoms with E-state index in [1.807, 2.05) is 6.92 Å². The summed E-state index contributed by atoms with van der Waals surface area (Å²) in [6.07, 6.45) is -8.94. The number of aliphatic hydroxyl groups excluding tert-OH is 1.